The van der Waals surface area contributed by atoms with Crippen LogP contribution in [0.1, 0.15) is 17.5 Å². The van der Waals surface area contributed by atoms with Gasteiger partial charge in [-0.15, -0.1) is 0 Å². The Hall–Kier alpha value is -2.15. The Morgan fingerprint density at radius 3 is 2.94 bits per heavy atom. The second-order valence-corrected chi connectivity index (χ2v) is 4.85. The number of aryl methyl sites for hydroxylation is 1. The first-order chi connectivity index (χ1) is 8.92. The molecule has 0 aliphatic heterocycles. The van der Waals surface area contributed by atoms with Crippen molar-refractivity contribution in [1.82, 2.24) is 4.98 Å². The Morgan fingerprint density at radius 1 is 1.00 bits per heavy atom. The van der Waals surface area contributed by atoms with Crippen molar-refractivity contribution >= 4 is 27.8 Å². The zero-order valence-corrected chi connectivity index (χ0v) is 10.1. The van der Waals surface area contributed by atoms with Crippen LogP contribution in [0.3, 0.4) is 0 Å². The molecular formula is C17H13N. The lowest BCUT2D eigenvalue weighted by atomic mass is 9.93. The summed E-state index contributed by atoms with van der Waals surface area (Å²) < 4.78 is 0. The first-order valence-corrected chi connectivity index (χ1v) is 6.39. The minimum absolute atomic E-state index is 1.08. The molecule has 1 aliphatic rings. The van der Waals surface area contributed by atoms with Crippen LogP contribution in [-0.2, 0) is 6.42 Å². The number of nitrogens with zero attached hydrogens (tertiary/aromatic N) is 1. The van der Waals surface area contributed by atoms with Gasteiger partial charge in [0.2, 0.25) is 0 Å². The van der Waals surface area contributed by atoms with Crippen LogP contribution in [0.2, 0.25) is 0 Å². The van der Waals surface area contributed by atoms with Crippen LogP contribution in [0.25, 0.3) is 27.8 Å². The van der Waals surface area contributed by atoms with Crippen LogP contribution in [0, 0.1) is 0 Å². The summed E-state index contributed by atoms with van der Waals surface area (Å²) in [5.74, 6) is 0. The van der Waals surface area contributed by atoms with Gasteiger partial charge in [0.1, 0.15) is 0 Å². The summed E-state index contributed by atoms with van der Waals surface area (Å²) >= 11 is 0. The van der Waals surface area contributed by atoms with E-state index in [1.54, 1.807) is 0 Å². The molecule has 3 aromatic rings. The molecule has 1 aromatic heterocycles. The Kier molecular flexibility index (Phi) is 2.01. The molecular weight excluding hydrogens is 218 g/mol. The van der Waals surface area contributed by atoms with Crippen LogP contribution >= 0.6 is 0 Å². The fourth-order valence-electron chi connectivity index (χ4n) is 2.79. The van der Waals surface area contributed by atoms with Crippen LogP contribution < -0.4 is 0 Å². The van der Waals surface area contributed by atoms with Gasteiger partial charge in [0.25, 0.3) is 0 Å². The zero-order valence-electron chi connectivity index (χ0n) is 10.1. The monoisotopic (exact) mass is 231 g/mol. The summed E-state index contributed by atoms with van der Waals surface area (Å²) in [6.07, 6.45) is 8.77. The predicted octanol–water partition coefficient (Wildman–Crippen LogP) is 4.35. The number of fused-ring (bicyclic) bond motifs is 4. The third kappa shape index (κ3) is 1.37. The van der Waals surface area contributed by atoms with E-state index in [-0.39, 0.29) is 0 Å². The lowest BCUT2D eigenvalue weighted by molar-refractivity contribution is 0.989. The van der Waals surface area contributed by atoms with Crippen LogP contribution in [0.5, 0.6) is 0 Å². The molecule has 0 radical (unpaired) electrons. The molecule has 1 aliphatic carbocycles. The van der Waals surface area contributed by atoms with Crippen molar-refractivity contribution in [2.75, 3.05) is 0 Å². The Bertz CT molecular complexity index is 784. The van der Waals surface area contributed by atoms with Crippen LogP contribution in [-0.4, -0.2) is 4.98 Å². The van der Waals surface area contributed by atoms with E-state index in [1.165, 1.54) is 27.3 Å². The standard InChI is InChI=1S/C17H13N/c1-2-6-13-10-16-14(9-12(13)5-1)11-18-17-8-4-3-7-15(16)17/h1,3-5,7-11H,2,6H2. The molecule has 0 saturated heterocycles. The molecule has 86 valence electrons. The third-order valence-corrected chi connectivity index (χ3v) is 3.73. The van der Waals surface area contributed by atoms with E-state index in [0.717, 1.165) is 18.4 Å². The van der Waals surface area contributed by atoms with Gasteiger partial charge >= 0.3 is 0 Å². The third-order valence-electron chi connectivity index (χ3n) is 3.73. The fraction of sp³-hybridized carbons (Fsp3) is 0.118. The maximum atomic E-state index is 4.53. The molecule has 0 amide bonds. The van der Waals surface area contributed by atoms with Gasteiger partial charge in [0.15, 0.2) is 0 Å². The molecule has 0 spiro atoms. The van der Waals surface area contributed by atoms with Crippen molar-refractivity contribution in [2.45, 2.75) is 12.8 Å². The van der Waals surface area contributed by atoms with Gasteiger partial charge in [0.05, 0.1) is 5.52 Å². The number of rotatable bonds is 0. The number of allylic oxidation sites excluding steroid dienone is 1. The average molecular weight is 231 g/mol. The van der Waals surface area contributed by atoms with Crippen LogP contribution in [0.15, 0.2) is 48.7 Å². The van der Waals surface area contributed by atoms with Crippen LogP contribution in [0.4, 0.5) is 0 Å². The molecule has 0 unspecified atom stereocenters. The quantitative estimate of drug-likeness (QED) is 0.524. The van der Waals surface area contributed by atoms with E-state index in [1.807, 2.05) is 12.3 Å². The zero-order chi connectivity index (χ0) is 11.9. The highest BCUT2D eigenvalue weighted by Crippen LogP contribution is 2.29. The maximum absolute atomic E-state index is 4.53. The van der Waals surface area contributed by atoms with Gasteiger partial charge < -0.3 is 0 Å². The molecule has 0 N–H and O–H groups in total. The predicted molar refractivity (Wildman–Crippen MR) is 76.6 cm³/mol. The minimum Gasteiger partial charge on any atom is -0.256 e. The molecule has 18 heavy (non-hydrogen) atoms. The Labute approximate surface area is 106 Å². The van der Waals surface area contributed by atoms with Crippen molar-refractivity contribution in [2.24, 2.45) is 0 Å². The fourth-order valence-corrected chi connectivity index (χ4v) is 2.79. The van der Waals surface area contributed by atoms with Crippen molar-refractivity contribution in [3.8, 4) is 0 Å². The summed E-state index contributed by atoms with van der Waals surface area (Å²) in [4.78, 5) is 4.53. The van der Waals surface area contributed by atoms with Gasteiger partial charge in [-0.1, -0.05) is 30.4 Å². The maximum Gasteiger partial charge on any atom is 0.0708 e. The van der Waals surface area contributed by atoms with Gasteiger partial charge in [-0.05, 0) is 47.6 Å². The summed E-state index contributed by atoms with van der Waals surface area (Å²) in [6, 6.07) is 13.0. The van der Waals surface area contributed by atoms with E-state index in [4.69, 9.17) is 0 Å². The minimum atomic E-state index is 1.08. The summed E-state index contributed by atoms with van der Waals surface area (Å²) in [5, 5.41) is 3.82. The molecule has 2 aromatic carbocycles. The molecule has 1 nitrogen and oxygen atoms in total. The normalized spacial score (nSPS) is 14.0. The number of benzene rings is 2. The van der Waals surface area contributed by atoms with E-state index in [2.05, 4.69) is 47.5 Å². The highest BCUT2D eigenvalue weighted by Gasteiger charge is 2.08. The first kappa shape index (κ1) is 9.84. The number of hydrogen-bond donors (Lipinski definition) is 0. The van der Waals surface area contributed by atoms with Gasteiger partial charge in [-0.3, -0.25) is 4.98 Å². The van der Waals surface area contributed by atoms with Crippen molar-refractivity contribution in [1.29, 1.82) is 0 Å². The highest BCUT2D eigenvalue weighted by atomic mass is 14.6. The topological polar surface area (TPSA) is 12.9 Å². The summed E-state index contributed by atoms with van der Waals surface area (Å²) in [7, 11) is 0. The van der Waals surface area contributed by atoms with Crippen molar-refractivity contribution < 1.29 is 0 Å². The molecule has 1 heterocycles. The Balaban J connectivity index is 2.16. The number of aromatic nitrogens is 1. The van der Waals surface area contributed by atoms with E-state index in [0.29, 0.717) is 0 Å². The molecule has 0 saturated carbocycles. The highest BCUT2D eigenvalue weighted by molar-refractivity contribution is 6.06. The summed E-state index contributed by atoms with van der Waals surface area (Å²) in [5.41, 5.74) is 3.89. The largest absolute Gasteiger partial charge is 0.256 e. The number of para-hydroxylation sites is 1. The summed E-state index contributed by atoms with van der Waals surface area (Å²) in [6.45, 7) is 0. The second kappa shape index (κ2) is 3.67. The molecule has 0 fully saturated rings. The smallest absolute Gasteiger partial charge is 0.0708 e. The van der Waals surface area contributed by atoms with Crippen molar-refractivity contribution in [3.63, 3.8) is 0 Å². The second-order valence-electron chi connectivity index (χ2n) is 4.85. The van der Waals surface area contributed by atoms with E-state index >= 15 is 0 Å². The lowest BCUT2D eigenvalue weighted by Gasteiger charge is -2.12. The van der Waals surface area contributed by atoms with E-state index < -0.39 is 0 Å². The molecule has 1 heteroatoms. The van der Waals surface area contributed by atoms with Gasteiger partial charge in [0, 0.05) is 17.0 Å². The first-order valence-electron chi connectivity index (χ1n) is 6.39. The van der Waals surface area contributed by atoms with Gasteiger partial charge in [-0.2, -0.15) is 0 Å². The number of hydrogen-bond acceptors (Lipinski definition) is 1. The average Bonchev–Trinajstić information content (AvgIpc) is 2.45. The lowest BCUT2D eigenvalue weighted by Crippen LogP contribution is -1.94. The molecule has 4 rings (SSSR count). The molecule has 0 bridgehead atoms. The number of pyridine rings is 1. The van der Waals surface area contributed by atoms with E-state index in [9.17, 15) is 0 Å². The Morgan fingerprint density at radius 2 is 1.94 bits per heavy atom. The molecule has 0 atom stereocenters. The van der Waals surface area contributed by atoms with Crippen molar-refractivity contribution in [3.05, 3.63) is 59.8 Å². The van der Waals surface area contributed by atoms with Gasteiger partial charge in [-0.25, -0.2) is 0 Å². The SMILES string of the molecule is C1=Cc2cc3cnc4ccccc4c3cc2CC1.